The number of nitrogens with zero attached hydrogens (tertiary/aromatic N) is 2. The summed E-state index contributed by atoms with van der Waals surface area (Å²) < 4.78 is 5.63. The number of hydrogen-bond acceptors (Lipinski definition) is 5. The lowest BCUT2D eigenvalue weighted by Gasteiger charge is -2.20. The van der Waals surface area contributed by atoms with Gasteiger partial charge in [-0.25, -0.2) is 0 Å². The number of carbonyl (C=O) groups is 2. The lowest BCUT2D eigenvalue weighted by molar-refractivity contribution is -0.151. The summed E-state index contributed by atoms with van der Waals surface area (Å²) >= 11 is 1.50. The van der Waals surface area contributed by atoms with Crippen LogP contribution in [0.15, 0.2) is 54.7 Å². The Morgan fingerprint density at radius 3 is 2.65 bits per heavy atom. The first-order valence-electron chi connectivity index (χ1n) is 7.25. The third kappa shape index (κ3) is 3.90. The number of pyridine rings is 1. The maximum atomic E-state index is 12.2. The van der Waals surface area contributed by atoms with Crippen LogP contribution in [0.4, 0.5) is 0 Å². The van der Waals surface area contributed by atoms with Crippen molar-refractivity contribution in [2.75, 3.05) is 18.2 Å². The van der Waals surface area contributed by atoms with Crippen LogP contribution in [0, 0.1) is 0 Å². The van der Waals surface area contributed by atoms with Crippen molar-refractivity contribution in [3.05, 3.63) is 66.0 Å². The first-order valence-corrected chi connectivity index (χ1v) is 8.40. The Bertz CT molecular complexity index is 639. The summed E-state index contributed by atoms with van der Waals surface area (Å²) in [6.07, 6.45) is 1.09. The van der Waals surface area contributed by atoms with E-state index in [4.69, 9.17) is 4.74 Å². The van der Waals surface area contributed by atoms with Gasteiger partial charge in [-0.05, 0) is 17.7 Å². The molecular weight excluding hydrogens is 312 g/mol. The van der Waals surface area contributed by atoms with Gasteiger partial charge in [0.05, 0.1) is 17.3 Å². The third-order valence-corrected chi connectivity index (χ3v) is 4.40. The Morgan fingerprint density at radius 2 is 2.00 bits per heavy atom. The molecule has 1 aliphatic heterocycles. The zero-order chi connectivity index (χ0) is 16.1. The van der Waals surface area contributed by atoms with E-state index < -0.39 is 12.1 Å². The van der Waals surface area contributed by atoms with Gasteiger partial charge in [-0.15, -0.1) is 11.8 Å². The van der Waals surface area contributed by atoms with E-state index >= 15 is 0 Å². The molecule has 1 aromatic heterocycles. The van der Waals surface area contributed by atoms with Crippen molar-refractivity contribution in [1.29, 1.82) is 0 Å². The first kappa shape index (κ1) is 15.6. The van der Waals surface area contributed by atoms with Gasteiger partial charge in [0.2, 0.25) is 5.91 Å². The molecule has 1 fully saturated rings. The molecule has 1 amide bonds. The molecule has 6 heteroatoms. The van der Waals surface area contributed by atoms with Crippen molar-refractivity contribution in [3.63, 3.8) is 0 Å². The largest absolute Gasteiger partial charge is 0.450 e. The molecule has 1 aliphatic rings. The molecule has 23 heavy (non-hydrogen) atoms. The van der Waals surface area contributed by atoms with E-state index in [1.165, 1.54) is 16.7 Å². The average molecular weight is 328 g/mol. The molecule has 3 rings (SSSR count). The molecule has 0 saturated carbocycles. The fourth-order valence-corrected chi connectivity index (χ4v) is 3.23. The molecule has 1 saturated heterocycles. The third-order valence-electron chi connectivity index (χ3n) is 3.45. The Kier molecular flexibility index (Phi) is 4.92. The van der Waals surface area contributed by atoms with Gasteiger partial charge in [-0.1, -0.05) is 36.4 Å². The molecule has 0 unspecified atom stereocenters. The molecular formula is C17H16N2O3S. The van der Waals surface area contributed by atoms with Crippen molar-refractivity contribution in [2.24, 2.45) is 0 Å². The van der Waals surface area contributed by atoms with Crippen LogP contribution in [-0.2, 0) is 14.3 Å². The Morgan fingerprint density at radius 1 is 1.22 bits per heavy atom. The normalized spacial score (nSPS) is 15.5. The summed E-state index contributed by atoms with van der Waals surface area (Å²) in [6, 6.07) is 15.0. The highest BCUT2D eigenvalue weighted by molar-refractivity contribution is 8.00. The summed E-state index contributed by atoms with van der Waals surface area (Å²) in [4.78, 5) is 29.7. The Hall–Kier alpha value is -2.34. The zero-order valence-electron chi connectivity index (χ0n) is 12.4. The summed E-state index contributed by atoms with van der Waals surface area (Å²) in [5, 5.41) is 0. The molecule has 1 aromatic carbocycles. The first-order chi connectivity index (χ1) is 11.2. The van der Waals surface area contributed by atoms with Crippen LogP contribution < -0.4 is 0 Å². The van der Waals surface area contributed by atoms with Crippen LogP contribution in [0.2, 0.25) is 0 Å². The highest BCUT2D eigenvalue weighted by Gasteiger charge is 2.26. The molecule has 0 N–H and O–H groups in total. The predicted octanol–water partition coefficient (Wildman–Crippen LogP) is 2.25. The quantitative estimate of drug-likeness (QED) is 0.788. The van der Waals surface area contributed by atoms with Crippen molar-refractivity contribution >= 4 is 23.6 Å². The maximum absolute atomic E-state index is 12.2. The smallest absolute Gasteiger partial charge is 0.326 e. The zero-order valence-corrected chi connectivity index (χ0v) is 13.2. The standard InChI is InChI=1S/C17H16N2O3S/c20-15-11-23-12-19(15)10-16(21)22-17(13-6-2-1-3-7-13)14-8-4-5-9-18-14/h1-9,17H,10-12H2/t17-/m0/s1. The summed E-state index contributed by atoms with van der Waals surface area (Å²) in [5.74, 6) is 0.504. The molecule has 5 nitrogen and oxygen atoms in total. The molecule has 0 bridgehead atoms. The van der Waals surface area contributed by atoms with Gasteiger partial charge < -0.3 is 9.64 Å². The van der Waals surface area contributed by atoms with Crippen LogP contribution in [0.3, 0.4) is 0 Å². The van der Waals surface area contributed by atoms with Crippen molar-refractivity contribution in [3.8, 4) is 0 Å². The number of benzene rings is 1. The highest BCUT2D eigenvalue weighted by Crippen LogP contribution is 2.25. The van der Waals surface area contributed by atoms with E-state index in [2.05, 4.69) is 4.98 Å². The van der Waals surface area contributed by atoms with Gasteiger partial charge in [-0.3, -0.25) is 14.6 Å². The Labute approximate surface area is 138 Å². The number of aromatic nitrogens is 1. The summed E-state index contributed by atoms with van der Waals surface area (Å²) in [5.41, 5.74) is 1.51. The van der Waals surface area contributed by atoms with Crippen LogP contribution in [0.25, 0.3) is 0 Å². The monoisotopic (exact) mass is 328 g/mol. The molecule has 2 heterocycles. The van der Waals surface area contributed by atoms with Gasteiger partial charge in [0, 0.05) is 6.20 Å². The van der Waals surface area contributed by atoms with Crippen LogP contribution in [0.5, 0.6) is 0 Å². The molecule has 2 aromatic rings. The topological polar surface area (TPSA) is 59.5 Å². The number of thioether (sulfide) groups is 1. The van der Waals surface area contributed by atoms with Gasteiger partial charge in [0.1, 0.15) is 6.54 Å². The number of hydrogen-bond donors (Lipinski definition) is 0. The number of amides is 1. The minimum atomic E-state index is -0.574. The minimum Gasteiger partial charge on any atom is -0.450 e. The number of ether oxygens (including phenoxy) is 1. The molecule has 0 radical (unpaired) electrons. The lowest BCUT2D eigenvalue weighted by atomic mass is 10.1. The van der Waals surface area contributed by atoms with Gasteiger partial charge >= 0.3 is 5.97 Å². The number of rotatable bonds is 5. The van der Waals surface area contributed by atoms with E-state index in [1.807, 2.05) is 48.5 Å². The fraction of sp³-hybridized carbons (Fsp3) is 0.235. The minimum absolute atomic E-state index is 0.0258. The van der Waals surface area contributed by atoms with E-state index in [-0.39, 0.29) is 12.5 Å². The van der Waals surface area contributed by atoms with Crippen LogP contribution in [0.1, 0.15) is 17.4 Å². The SMILES string of the molecule is O=C(CN1CSCC1=O)O[C@@H](c1ccccc1)c1ccccn1. The van der Waals surface area contributed by atoms with E-state index in [0.717, 1.165) is 5.56 Å². The second kappa shape index (κ2) is 7.28. The lowest BCUT2D eigenvalue weighted by Crippen LogP contribution is -2.33. The molecule has 1 atom stereocenters. The summed E-state index contributed by atoms with van der Waals surface area (Å²) in [6.45, 7) is -0.0258. The number of carbonyl (C=O) groups excluding carboxylic acids is 2. The maximum Gasteiger partial charge on any atom is 0.326 e. The van der Waals surface area contributed by atoms with E-state index in [1.54, 1.807) is 6.20 Å². The second-order valence-electron chi connectivity index (χ2n) is 5.10. The van der Waals surface area contributed by atoms with Crippen molar-refractivity contribution < 1.29 is 14.3 Å². The van der Waals surface area contributed by atoms with Gasteiger partial charge in [0.15, 0.2) is 6.10 Å². The average Bonchev–Trinajstić information content (AvgIpc) is 2.99. The van der Waals surface area contributed by atoms with E-state index in [0.29, 0.717) is 17.3 Å². The highest BCUT2D eigenvalue weighted by atomic mass is 32.2. The van der Waals surface area contributed by atoms with Gasteiger partial charge in [-0.2, -0.15) is 0 Å². The molecule has 118 valence electrons. The number of esters is 1. The molecule has 0 spiro atoms. The summed E-state index contributed by atoms with van der Waals surface area (Å²) in [7, 11) is 0. The predicted molar refractivity (Wildman–Crippen MR) is 87.7 cm³/mol. The Balaban J connectivity index is 1.76. The molecule has 0 aliphatic carbocycles. The van der Waals surface area contributed by atoms with Crippen molar-refractivity contribution in [1.82, 2.24) is 9.88 Å². The van der Waals surface area contributed by atoms with Gasteiger partial charge in [0.25, 0.3) is 0 Å². The van der Waals surface area contributed by atoms with Crippen LogP contribution in [-0.4, -0.2) is 39.9 Å². The van der Waals surface area contributed by atoms with Crippen LogP contribution >= 0.6 is 11.8 Å². The van der Waals surface area contributed by atoms with E-state index in [9.17, 15) is 9.59 Å². The fourth-order valence-electron chi connectivity index (χ4n) is 2.32. The van der Waals surface area contributed by atoms with Crippen molar-refractivity contribution in [2.45, 2.75) is 6.10 Å². The second-order valence-corrected chi connectivity index (χ2v) is 6.06.